The quantitative estimate of drug-likeness (QED) is 0.767. The fraction of sp³-hybridized carbons (Fsp3) is 0.929. The number of carbonyl (C=O) groups excluding carboxylic acids is 1. The van der Waals surface area contributed by atoms with Gasteiger partial charge in [0.15, 0.2) is 0 Å². The van der Waals surface area contributed by atoms with Gasteiger partial charge in [-0.25, -0.2) is 0 Å². The van der Waals surface area contributed by atoms with Crippen LogP contribution in [0.5, 0.6) is 0 Å². The Balaban J connectivity index is 0.00000200. The van der Waals surface area contributed by atoms with Crippen molar-refractivity contribution in [2.75, 3.05) is 45.8 Å². The van der Waals surface area contributed by atoms with Gasteiger partial charge in [0.05, 0.1) is 6.04 Å². The molecule has 0 radical (unpaired) electrons. The molecule has 2 unspecified atom stereocenters. The van der Waals surface area contributed by atoms with Crippen LogP contribution < -0.4 is 10.6 Å². The van der Waals surface area contributed by atoms with Crippen molar-refractivity contribution in [3.63, 3.8) is 0 Å². The molecule has 0 aliphatic carbocycles. The second-order valence-corrected chi connectivity index (χ2v) is 5.69. The maximum Gasteiger partial charge on any atom is 0.237 e. The summed E-state index contributed by atoms with van der Waals surface area (Å²) in [5.74, 6) is 0.179. The minimum atomic E-state index is 0. The third-order valence-electron chi connectivity index (χ3n) is 4.38. The van der Waals surface area contributed by atoms with Crippen molar-refractivity contribution in [2.45, 2.75) is 38.8 Å². The minimum absolute atomic E-state index is 0. The molecule has 2 heterocycles. The van der Waals surface area contributed by atoms with Crippen LogP contribution in [0.25, 0.3) is 0 Å². The molecule has 0 spiro atoms. The summed E-state index contributed by atoms with van der Waals surface area (Å²) in [4.78, 5) is 16.8. The fourth-order valence-electron chi connectivity index (χ4n) is 3.00. The van der Waals surface area contributed by atoms with Crippen molar-refractivity contribution < 1.29 is 4.79 Å². The van der Waals surface area contributed by atoms with Crippen LogP contribution in [0.15, 0.2) is 0 Å². The highest BCUT2D eigenvalue weighted by atomic mass is 35.5. The van der Waals surface area contributed by atoms with Crippen LogP contribution in [0.2, 0.25) is 0 Å². The van der Waals surface area contributed by atoms with E-state index in [-0.39, 0.29) is 24.4 Å². The van der Waals surface area contributed by atoms with Crippen molar-refractivity contribution in [1.29, 1.82) is 0 Å². The molecule has 118 valence electrons. The Labute approximate surface area is 128 Å². The predicted octanol–water partition coefficient (Wildman–Crippen LogP) is 0.302. The van der Waals surface area contributed by atoms with Gasteiger partial charge in [-0.05, 0) is 26.3 Å². The number of carbonyl (C=O) groups is 1. The first-order valence-corrected chi connectivity index (χ1v) is 7.69. The zero-order valence-electron chi connectivity index (χ0n) is 12.7. The van der Waals surface area contributed by atoms with Crippen LogP contribution in [0, 0.1) is 0 Å². The van der Waals surface area contributed by atoms with Crippen LogP contribution in [-0.4, -0.2) is 73.6 Å². The molecule has 2 aliphatic heterocycles. The molecular weight excluding hydrogens is 276 g/mol. The molecule has 20 heavy (non-hydrogen) atoms. The summed E-state index contributed by atoms with van der Waals surface area (Å²) in [6, 6.07) is 0.724. The van der Waals surface area contributed by atoms with Crippen molar-refractivity contribution in [1.82, 2.24) is 20.4 Å². The Morgan fingerprint density at radius 2 is 2.05 bits per heavy atom. The Bertz CT molecular complexity index is 289. The summed E-state index contributed by atoms with van der Waals surface area (Å²) < 4.78 is 0. The molecule has 0 aromatic carbocycles. The average molecular weight is 305 g/mol. The van der Waals surface area contributed by atoms with Gasteiger partial charge < -0.3 is 10.6 Å². The van der Waals surface area contributed by atoms with Crippen molar-refractivity contribution >= 4 is 18.3 Å². The van der Waals surface area contributed by atoms with E-state index in [4.69, 9.17) is 0 Å². The van der Waals surface area contributed by atoms with Gasteiger partial charge in [0.1, 0.15) is 0 Å². The van der Waals surface area contributed by atoms with E-state index < -0.39 is 0 Å². The molecule has 2 saturated heterocycles. The van der Waals surface area contributed by atoms with E-state index in [1.807, 2.05) is 6.92 Å². The molecule has 5 nitrogen and oxygen atoms in total. The van der Waals surface area contributed by atoms with Gasteiger partial charge in [-0.3, -0.25) is 14.6 Å². The Hall–Kier alpha value is -0.360. The highest BCUT2D eigenvalue weighted by molar-refractivity contribution is 5.85. The van der Waals surface area contributed by atoms with E-state index in [2.05, 4.69) is 27.4 Å². The van der Waals surface area contributed by atoms with E-state index in [1.54, 1.807) is 0 Å². The van der Waals surface area contributed by atoms with Crippen molar-refractivity contribution in [2.24, 2.45) is 0 Å². The second kappa shape index (κ2) is 8.82. The fourth-order valence-corrected chi connectivity index (χ4v) is 3.00. The molecule has 2 atom stereocenters. The number of nitrogens with zero attached hydrogens (tertiary/aromatic N) is 2. The van der Waals surface area contributed by atoms with Gasteiger partial charge in [-0.1, -0.05) is 6.92 Å². The summed E-state index contributed by atoms with van der Waals surface area (Å²) in [7, 11) is 0. The monoisotopic (exact) mass is 304 g/mol. The van der Waals surface area contributed by atoms with Crippen molar-refractivity contribution in [3.05, 3.63) is 0 Å². The van der Waals surface area contributed by atoms with Crippen LogP contribution in [-0.2, 0) is 4.79 Å². The van der Waals surface area contributed by atoms with E-state index in [9.17, 15) is 4.79 Å². The number of rotatable bonds is 5. The number of hydrogen-bond acceptors (Lipinski definition) is 4. The first kappa shape index (κ1) is 17.7. The first-order chi connectivity index (χ1) is 9.22. The van der Waals surface area contributed by atoms with E-state index in [1.165, 1.54) is 6.42 Å². The molecule has 2 aliphatic rings. The lowest BCUT2D eigenvalue weighted by Gasteiger charge is -2.39. The van der Waals surface area contributed by atoms with Crippen molar-refractivity contribution in [3.8, 4) is 0 Å². The van der Waals surface area contributed by atoms with Gasteiger partial charge in [-0.2, -0.15) is 0 Å². The highest BCUT2D eigenvalue weighted by Crippen LogP contribution is 2.13. The van der Waals surface area contributed by atoms with Gasteiger partial charge >= 0.3 is 0 Å². The molecule has 0 aromatic rings. The van der Waals surface area contributed by atoms with Crippen LogP contribution in [0.3, 0.4) is 0 Å². The molecule has 2 fully saturated rings. The lowest BCUT2D eigenvalue weighted by Crippen LogP contribution is -2.56. The maximum absolute atomic E-state index is 12.0. The summed E-state index contributed by atoms with van der Waals surface area (Å²) in [6.45, 7) is 11.4. The molecular formula is C14H29ClN4O. The number of amides is 1. The lowest BCUT2D eigenvalue weighted by molar-refractivity contribution is -0.126. The SMILES string of the molecule is CCCNC(=O)C(C)N1CCN(C2CCNC2)CC1.Cl. The van der Waals surface area contributed by atoms with Gasteiger partial charge in [-0.15, -0.1) is 12.4 Å². The molecule has 0 aromatic heterocycles. The van der Waals surface area contributed by atoms with E-state index >= 15 is 0 Å². The van der Waals surface area contributed by atoms with E-state index in [0.29, 0.717) is 6.04 Å². The number of hydrogen-bond donors (Lipinski definition) is 2. The summed E-state index contributed by atoms with van der Waals surface area (Å²) in [5, 5.41) is 6.42. The third kappa shape index (κ3) is 4.58. The topological polar surface area (TPSA) is 47.6 Å². The number of piperazine rings is 1. The Morgan fingerprint density at radius 3 is 2.60 bits per heavy atom. The zero-order chi connectivity index (χ0) is 13.7. The third-order valence-corrected chi connectivity index (χ3v) is 4.38. The predicted molar refractivity (Wildman–Crippen MR) is 84.4 cm³/mol. The molecule has 6 heteroatoms. The molecule has 2 N–H and O–H groups in total. The molecule has 0 saturated carbocycles. The van der Waals surface area contributed by atoms with Crippen LogP contribution >= 0.6 is 12.4 Å². The number of nitrogens with one attached hydrogen (secondary N) is 2. The van der Waals surface area contributed by atoms with Gasteiger partial charge in [0.25, 0.3) is 0 Å². The first-order valence-electron chi connectivity index (χ1n) is 7.69. The summed E-state index contributed by atoms with van der Waals surface area (Å²) in [6.07, 6.45) is 2.27. The van der Waals surface area contributed by atoms with Crippen LogP contribution in [0.4, 0.5) is 0 Å². The number of halogens is 1. The molecule has 1 amide bonds. The van der Waals surface area contributed by atoms with Gasteiger partial charge in [0.2, 0.25) is 5.91 Å². The molecule has 0 bridgehead atoms. The van der Waals surface area contributed by atoms with Crippen LogP contribution in [0.1, 0.15) is 26.7 Å². The maximum atomic E-state index is 12.0. The minimum Gasteiger partial charge on any atom is -0.355 e. The largest absolute Gasteiger partial charge is 0.355 e. The highest BCUT2D eigenvalue weighted by Gasteiger charge is 2.29. The Morgan fingerprint density at radius 1 is 1.35 bits per heavy atom. The normalized spacial score (nSPS) is 26.0. The Kier molecular flexibility index (Phi) is 7.80. The zero-order valence-corrected chi connectivity index (χ0v) is 13.5. The lowest BCUT2D eigenvalue weighted by atomic mass is 10.1. The summed E-state index contributed by atoms with van der Waals surface area (Å²) >= 11 is 0. The molecule has 2 rings (SSSR count). The second-order valence-electron chi connectivity index (χ2n) is 5.69. The smallest absolute Gasteiger partial charge is 0.237 e. The standard InChI is InChI=1S/C14H28N4O.ClH/c1-3-5-16-14(19)12(2)17-7-9-18(10-8-17)13-4-6-15-11-13;/h12-13,15H,3-11H2,1-2H3,(H,16,19);1H. The average Bonchev–Trinajstić information content (AvgIpc) is 2.98. The summed E-state index contributed by atoms with van der Waals surface area (Å²) in [5.41, 5.74) is 0. The van der Waals surface area contributed by atoms with E-state index in [0.717, 1.165) is 52.2 Å². The van der Waals surface area contributed by atoms with Gasteiger partial charge in [0, 0.05) is 45.3 Å².